The molecule has 0 bridgehead atoms. The van der Waals surface area contributed by atoms with Crippen molar-refractivity contribution in [2.75, 3.05) is 0 Å². The van der Waals surface area contributed by atoms with Crippen molar-refractivity contribution in [3.8, 4) is 0 Å². The summed E-state index contributed by atoms with van der Waals surface area (Å²) in [7, 11) is 0. The Morgan fingerprint density at radius 3 is 2.50 bits per heavy atom. The predicted molar refractivity (Wildman–Crippen MR) is 44.2 cm³/mol. The number of halogens is 1. The molecule has 0 spiro atoms. The van der Waals surface area contributed by atoms with Crippen LogP contribution in [0.4, 0.5) is 4.39 Å². The topological polar surface area (TPSA) is 43.1 Å². The lowest BCUT2D eigenvalue weighted by atomic mass is 10.1. The summed E-state index contributed by atoms with van der Waals surface area (Å²) in [6.45, 7) is 0. The van der Waals surface area contributed by atoms with Crippen molar-refractivity contribution in [1.82, 2.24) is 0 Å². The highest BCUT2D eigenvalue weighted by Gasteiger charge is 2.11. The van der Waals surface area contributed by atoms with E-state index in [2.05, 4.69) is 0 Å². The number of carbonyl (C=O) groups is 1. The van der Waals surface area contributed by atoms with Crippen LogP contribution >= 0.6 is 0 Å². The van der Waals surface area contributed by atoms with E-state index in [1.54, 1.807) is 0 Å². The summed E-state index contributed by atoms with van der Waals surface area (Å²) in [4.78, 5) is 10.2. The van der Waals surface area contributed by atoms with Gasteiger partial charge >= 0.3 is 6.04 Å². The van der Waals surface area contributed by atoms with E-state index in [-0.39, 0.29) is 6.42 Å². The largest absolute Gasteiger partial charge is 0.319 e. The Labute approximate surface area is 70.2 Å². The van der Waals surface area contributed by atoms with Crippen molar-refractivity contribution < 1.29 is 9.18 Å². The SMILES string of the molecule is N[C@@H](Cc1ccccc1)C(=O)F. The van der Waals surface area contributed by atoms with E-state index < -0.39 is 12.1 Å². The first-order valence-electron chi connectivity index (χ1n) is 3.69. The van der Waals surface area contributed by atoms with Crippen LogP contribution < -0.4 is 5.73 Å². The van der Waals surface area contributed by atoms with Crippen molar-refractivity contribution in [2.45, 2.75) is 12.5 Å². The average molecular weight is 167 g/mol. The number of benzene rings is 1. The zero-order valence-corrected chi connectivity index (χ0v) is 6.53. The van der Waals surface area contributed by atoms with Gasteiger partial charge in [-0.3, -0.25) is 4.79 Å². The molecule has 0 amide bonds. The van der Waals surface area contributed by atoms with Crippen LogP contribution in [0.25, 0.3) is 0 Å². The maximum Gasteiger partial charge on any atom is 0.318 e. The molecule has 0 fully saturated rings. The van der Waals surface area contributed by atoms with Gasteiger partial charge in [0, 0.05) is 0 Å². The summed E-state index contributed by atoms with van der Waals surface area (Å²) in [5.74, 6) is 0. The Hall–Kier alpha value is -1.22. The lowest BCUT2D eigenvalue weighted by molar-refractivity contribution is -0.130. The van der Waals surface area contributed by atoms with E-state index in [1.165, 1.54) is 0 Å². The third-order valence-corrected chi connectivity index (χ3v) is 1.59. The van der Waals surface area contributed by atoms with Crippen LogP contribution in [0.5, 0.6) is 0 Å². The van der Waals surface area contributed by atoms with Gasteiger partial charge in [-0.25, -0.2) is 0 Å². The molecular weight excluding hydrogens is 157 g/mol. The highest BCUT2D eigenvalue weighted by molar-refractivity contribution is 5.74. The average Bonchev–Trinajstić information content (AvgIpc) is 2.06. The van der Waals surface area contributed by atoms with E-state index in [4.69, 9.17) is 5.73 Å². The van der Waals surface area contributed by atoms with Crippen LogP contribution in [0.1, 0.15) is 5.56 Å². The van der Waals surface area contributed by atoms with Gasteiger partial charge in [0.25, 0.3) is 0 Å². The number of hydrogen-bond acceptors (Lipinski definition) is 2. The molecule has 0 aliphatic carbocycles. The smallest absolute Gasteiger partial charge is 0.318 e. The molecule has 0 heterocycles. The van der Waals surface area contributed by atoms with Crippen molar-refractivity contribution in [3.63, 3.8) is 0 Å². The summed E-state index contributed by atoms with van der Waals surface area (Å²) in [5, 5.41) is 0. The van der Waals surface area contributed by atoms with Crippen LogP contribution in [-0.4, -0.2) is 12.1 Å². The van der Waals surface area contributed by atoms with Gasteiger partial charge in [0.15, 0.2) is 0 Å². The fourth-order valence-corrected chi connectivity index (χ4v) is 0.948. The standard InChI is InChI=1S/C9H10FNO/c10-9(12)8(11)6-7-4-2-1-3-5-7/h1-5,8H,6,11H2/t8-/m0/s1. The fraction of sp³-hybridized carbons (Fsp3) is 0.222. The molecule has 2 nitrogen and oxygen atoms in total. The molecular formula is C9H10FNO. The van der Waals surface area contributed by atoms with Gasteiger partial charge in [0.05, 0.1) is 0 Å². The molecule has 1 aromatic rings. The van der Waals surface area contributed by atoms with E-state index in [9.17, 15) is 9.18 Å². The van der Waals surface area contributed by atoms with Gasteiger partial charge in [0.2, 0.25) is 0 Å². The Morgan fingerprint density at radius 1 is 1.42 bits per heavy atom. The zero-order valence-electron chi connectivity index (χ0n) is 6.53. The third-order valence-electron chi connectivity index (χ3n) is 1.59. The van der Waals surface area contributed by atoms with E-state index >= 15 is 0 Å². The van der Waals surface area contributed by atoms with Gasteiger partial charge in [-0.05, 0) is 12.0 Å². The van der Waals surface area contributed by atoms with Gasteiger partial charge in [-0.1, -0.05) is 30.3 Å². The molecule has 0 aliphatic rings. The Balaban J connectivity index is 2.58. The molecule has 3 heteroatoms. The summed E-state index contributed by atoms with van der Waals surface area (Å²) in [6, 6.07) is 6.64. The van der Waals surface area contributed by atoms with Crippen LogP contribution in [0.2, 0.25) is 0 Å². The summed E-state index contributed by atoms with van der Waals surface area (Å²) < 4.78 is 12.0. The number of hydrogen-bond donors (Lipinski definition) is 1. The lowest BCUT2D eigenvalue weighted by Gasteiger charge is -2.03. The maximum atomic E-state index is 12.0. The van der Waals surface area contributed by atoms with Crippen LogP contribution in [0, 0.1) is 0 Å². The van der Waals surface area contributed by atoms with E-state index in [0.29, 0.717) is 0 Å². The molecule has 1 rings (SSSR count). The minimum Gasteiger partial charge on any atom is -0.319 e. The number of nitrogens with two attached hydrogens (primary N) is 1. The van der Waals surface area contributed by atoms with Crippen molar-refractivity contribution >= 4 is 6.04 Å². The Bertz CT molecular complexity index is 260. The molecule has 64 valence electrons. The van der Waals surface area contributed by atoms with E-state index in [1.807, 2.05) is 30.3 Å². The lowest BCUT2D eigenvalue weighted by Crippen LogP contribution is -2.29. The quantitative estimate of drug-likeness (QED) is 0.684. The van der Waals surface area contributed by atoms with Crippen molar-refractivity contribution in [1.29, 1.82) is 0 Å². The summed E-state index contributed by atoms with van der Waals surface area (Å²) >= 11 is 0. The molecule has 0 radical (unpaired) electrons. The minimum absolute atomic E-state index is 0.260. The number of carbonyl (C=O) groups excluding carboxylic acids is 1. The van der Waals surface area contributed by atoms with Gasteiger partial charge in [-0.2, -0.15) is 4.39 Å². The second-order valence-electron chi connectivity index (χ2n) is 2.60. The van der Waals surface area contributed by atoms with E-state index in [0.717, 1.165) is 5.56 Å². The molecule has 0 saturated heterocycles. The fourth-order valence-electron chi connectivity index (χ4n) is 0.948. The monoisotopic (exact) mass is 167 g/mol. The molecule has 1 atom stereocenters. The molecule has 0 aromatic heterocycles. The van der Waals surface area contributed by atoms with Gasteiger partial charge in [-0.15, -0.1) is 0 Å². The first kappa shape index (κ1) is 8.87. The maximum absolute atomic E-state index is 12.0. The summed E-state index contributed by atoms with van der Waals surface area (Å²) in [6.07, 6.45) is 0.260. The van der Waals surface area contributed by atoms with Crippen molar-refractivity contribution in [2.24, 2.45) is 5.73 Å². The molecule has 2 N–H and O–H groups in total. The predicted octanol–water partition coefficient (Wildman–Crippen LogP) is 1.05. The zero-order chi connectivity index (χ0) is 8.97. The second-order valence-corrected chi connectivity index (χ2v) is 2.60. The second kappa shape index (κ2) is 3.97. The van der Waals surface area contributed by atoms with Gasteiger partial charge < -0.3 is 5.73 Å². The molecule has 0 aliphatic heterocycles. The Morgan fingerprint density at radius 2 is 2.00 bits per heavy atom. The number of rotatable bonds is 3. The molecule has 1 aromatic carbocycles. The Kier molecular flexibility index (Phi) is 2.94. The highest BCUT2D eigenvalue weighted by Crippen LogP contribution is 2.02. The molecule has 0 unspecified atom stereocenters. The molecule has 0 saturated carbocycles. The first-order valence-corrected chi connectivity index (χ1v) is 3.69. The molecule has 12 heavy (non-hydrogen) atoms. The normalized spacial score (nSPS) is 12.5. The van der Waals surface area contributed by atoms with Crippen molar-refractivity contribution in [3.05, 3.63) is 35.9 Å². The van der Waals surface area contributed by atoms with Crippen LogP contribution in [0.3, 0.4) is 0 Å². The first-order chi connectivity index (χ1) is 5.70. The summed E-state index contributed by atoms with van der Waals surface area (Å²) in [5.41, 5.74) is 6.10. The van der Waals surface area contributed by atoms with Crippen LogP contribution in [-0.2, 0) is 11.2 Å². The minimum atomic E-state index is -1.46. The highest BCUT2D eigenvalue weighted by atomic mass is 19.1. The van der Waals surface area contributed by atoms with Gasteiger partial charge in [0.1, 0.15) is 6.04 Å². The third kappa shape index (κ3) is 2.43. The van der Waals surface area contributed by atoms with Crippen LogP contribution in [0.15, 0.2) is 30.3 Å².